The summed E-state index contributed by atoms with van der Waals surface area (Å²) >= 11 is 0. The Hall–Kier alpha value is -1.58. The van der Waals surface area contributed by atoms with Crippen LogP contribution in [-0.4, -0.2) is 19.0 Å². The summed E-state index contributed by atoms with van der Waals surface area (Å²) in [7, 11) is 1.26. The van der Waals surface area contributed by atoms with E-state index in [-0.39, 0.29) is 5.57 Å². The maximum absolute atomic E-state index is 11.1. The van der Waals surface area contributed by atoms with Crippen LogP contribution >= 0.6 is 0 Å². The van der Waals surface area contributed by atoms with E-state index in [4.69, 9.17) is 0 Å². The van der Waals surface area contributed by atoms with E-state index in [2.05, 4.69) is 16.1 Å². The molecule has 0 aliphatic carbocycles. The van der Waals surface area contributed by atoms with Crippen molar-refractivity contribution in [1.82, 2.24) is 0 Å². The molecule has 0 rings (SSSR count). The van der Waals surface area contributed by atoms with Crippen LogP contribution in [0, 0.1) is 0 Å². The minimum Gasteiger partial charge on any atom is -0.466 e. The Labute approximate surface area is 83.2 Å². The summed E-state index contributed by atoms with van der Waals surface area (Å²) in [6.45, 7) is 6.78. The Morgan fingerprint density at radius 1 is 1.36 bits per heavy atom. The number of carbonyl (C=O) groups is 2. The normalized spacial score (nSPS) is 10.6. The summed E-state index contributed by atoms with van der Waals surface area (Å²) in [5.41, 5.74) is 0.587. The molecule has 0 aliphatic rings. The van der Waals surface area contributed by atoms with E-state index >= 15 is 0 Å². The fourth-order valence-electron chi connectivity index (χ4n) is 0.579. The van der Waals surface area contributed by atoms with Crippen molar-refractivity contribution in [2.75, 3.05) is 7.11 Å². The van der Waals surface area contributed by atoms with Gasteiger partial charge in [-0.05, 0) is 13.3 Å². The van der Waals surface area contributed by atoms with Crippen molar-refractivity contribution in [1.29, 1.82) is 0 Å². The van der Waals surface area contributed by atoms with E-state index in [0.717, 1.165) is 6.26 Å². The monoisotopic (exact) mass is 198 g/mol. The molecule has 0 aromatic rings. The molecule has 0 bridgehead atoms. The lowest BCUT2D eigenvalue weighted by Gasteiger charge is -2.01. The highest BCUT2D eigenvalue weighted by Crippen LogP contribution is 2.02. The number of hydrogen-bond acceptors (Lipinski definition) is 4. The van der Waals surface area contributed by atoms with Gasteiger partial charge in [-0.1, -0.05) is 13.5 Å². The lowest BCUT2D eigenvalue weighted by molar-refractivity contribution is -0.136. The van der Waals surface area contributed by atoms with Gasteiger partial charge in [0.15, 0.2) is 0 Å². The first kappa shape index (κ1) is 12.4. The maximum atomic E-state index is 11.1. The molecule has 4 heteroatoms. The average Bonchev–Trinajstić information content (AvgIpc) is 2.22. The summed E-state index contributed by atoms with van der Waals surface area (Å²) in [4.78, 5) is 21.9. The van der Waals surface area contributed by atoms with Crippen molar-refractivity contribution >= 4 is 11.9 Å². The molecule has 0 heterocycles. The lowest BCUT2D eigenvalue weighted by atomic mass is 10.2. The van der Waals surface area contributed by atoms with Gasteiger partial charge < -0.3 is 9.47 Å². The van der Waals surface area contributed by atoms with Gasteiger partial charge in [-0.25, -0.2) is 9.59 Å². The van der Waals surface area contributed by atoms with Gasteiger partial charge in [0.1, 0.15) is 6.26 Å². The predicted octanol–water partition coefficient (Wildman–Crippen LogP) is 1.57. The molecule has 4 nitrogen and oxygen atoms in total. The number of carbonyl (C=O) groups excluding carboxylic acids is 2. The van der Waals surface area contributed by atoms with E-state index in [1.165, 1.54) is 14.0 Å². The van der Waals surface area contributed by atoms with Gasteiger partial charge in [0.05, 0.1) is 12.7 Å². The molecule has 0 N–H and O–H groups in total. The van der Waals surface area contributed by atoms with Crippen molar-refractivity contribution in [2.24, 2.45) is 0 Å². The minimum absolute atomic E-state index is 0.227. The number of ether oxygens (including phenoxy) is 2. The zero-order valence-electron chi connectivity index (χ0n) is 8.62. The summed E-state index contributed by atoms with van der Waals surface area (Å²) in [5, 5.41) is 0. The third-order valence-electron chi connectivity index (χ3n) is 1.57. The van der Waals surface area contributed by atoms with Gasteiger partial charge in [-0.3, -0.25) is 0 Å². The highest BCUT2D eigenvalue weighted by molar-refractivity contribution is 5.90. The van der Waals surface area contributed by atoms with Gasteiger partial charge in [0.25, 0.3) is 0 Å². The molecule has 0 spiro atoms. The summed E-state index contributed by atoms with van der Waals surface area (Å²) < 4.78 is 9.09. The lowest BCUT2D eigenvalue weighted by Crippen LogP contribution is -2.06. The second kappa shape index (κ2) is 5.96. The molecule has 0 unspecified atom stereocenters. The second-order valence-corrected chi connectivity index (χ2v) is 2.65. The molecule has 14 heavy (non-hydrogen) atoms. The van der Waals surface area contributed by atoms with Crippen LogP contribution in [0.1, 0.15) is 20.3 Å². The molecule has 0 aliphatic heterocycles. The van der Waals surface area contributed by atoms with Crippen molar-refractivity contribution in [2.45, 2.75) is 20.3 Å². The van der Waals surface area contributed by atoms with Crippen LogP contribution in [0.25, 0.3) is 0 Å². The van der Waals surface area contributed by atoms with Crippen LogP contribution in [0.3, 0.4) is 0 Å². The molecule has 78 valence electrons. The quantitative estimate of drug-likeness (QED) is 0.391. The Balaban J connectivity index is 4.22. The molecule has 0 aromatic heterocycles. The average molecular weight is 198 g/mol. The number of hydrogen-bond donors (Lipinski definition) is 0. The largest absolute Gasteiger partial charge is 0.466 e. The van der Waals surface area contributed by atoms with Crippen molar-refractivity contribution < 1.29 is 19.1 Å². The third kappa shape index (κ3) is 3.89. The molecule has 0 radical (unpaired) electrons. The molecule has 0 saturated heterocycles. The fraction of sp³-hybridized carbons (Fsp3) is 0.400. The molecular formula is C10H14O4. The summed E-state index contributed by atoms with van der Waals surface area (Å²) in [6.07, 6.45) is 1.58. The zero-order valence-corrected chi connectivity index (χ0v) is 8.62. The highest BCUT2D eigenvalue weighted by atomic mass is 16.5. The van der Waals surface area contributed by atoms with Crippen LogP contribution in [0.4, 0.5) is 0 Å². The smallest absolute Gasteiger partial charge is 0.338 e. The molecule has 0 atom stereocenters. The fourth-order valence-corrected chi connectivity index (χ4v) is 0.579. The van der Waals surface area contributed by atoms with Crippen molar-refractivity contribution in [3.05, 3.63) is 24.0 Å². The molecule has 0 saturated carbocycles. The molecule has 0 fully saturated rings. The Morgan fingerprint density at radius 3 is 2.36 bits per heavy atom. The van der Waals surface area contributed by atoms with E-state index in [9.17, 15) is 9.59 Å². The van der Waals surface area contributed by atoms with Crippen molar-refractivity contribution in [3.63, 3.8) is 0 Å². The van der Waals surface area contributed by atoms with Gasteiger partial charge in [0.2, 0.25) is 0 Å². The van der Waals surface area contributed by atoms with Crippen LogP contribution in [0.2, 0.25) is 0 Å². The first-order chi connectivity index (χ1) is 6.52. The first-order valence-electron chi connectivity index (χ1n) is 4.16. The van der Waals surface area contributed by atoms with Gasteiger partial charge in [0, 0.05) is 5.57 Å². The number of rotatable bonds is 4. The van der Waals surface area contributed by atoms with Gasteiger partial charge in [-0.15, -0.1) is 0 Å². The standard InChI is InChI=1S/C10H14O4/c1-5-7(2)10(12)14-6-8(3)9(11)13-4/h6H,2,5H2,1,3-4H3. The third-order valence-corrected chi connectivity index (χ3v) is 1.57. The maximum Gasteiger partial charge on any atom is 0.338 e. The zero-order chi connectivity index (χ0) is 11.1. The topological polar surface area (TPSA) is 52.6 Å². The Bertz CT molecular complexity index is 276. The predicted molar refractivity (Wildman–Crippen MR) is 51.3 cm³/mol. The summed E-state index contributed by atoms with van der Waals surface area (Å²) in [6, 6.07) is 0. The Kier molecular flexibility index (Phi) is 5.29. The van der Waals surface area contributed by atoms with E-state index < -0.39 is 11.9 Å². The number of methoxy groups -OCH3 is 1. The SMILES string of the molecule is C=C(CC)C(=O)OC=C(C)C(=O)OC. The van der Waals surface area contributed by atoms with Gasteiger partial charge in [-0.2, -0.15) is 0 Å². The van der Waals surface area contributed by atoms with Crippen LogP contribution < -0.4 is 0 Å². The summed E-state index contributed by atoms with van der Waals surface area (Å²) in [5.74, 6) is -1.06. The first-order valence-corrected chi connectivity index (χ1v) is 4.16. The van der Waals surface area contributed by atoms with E-state index in [1.807, 2.05) is 0 Å². The van der Waals surface area contributed by atoms with Crippen LogP contribution in [0.15, 0.2) is 24.0 Å². The number of esters is 2. The second-order valence-electron chi connectivity index (χ2n) is 2.65. The van der Waals surface area contributed by atoms with Crippen LogP contribution in [-0.2, 0) is 19.1 Å². The van der Waals surface area contributed by atoms with Crippen LogP contribution in [0.5, 0.6) is 0 Å². The van der Waals surface area contributed by atoms with Gasteiger partial charge >= 0.3 is 11.9 Å². The molecule has 0 aromatic carbocycles. The molecule has 0 amide bonds. The van der Waals surface area contributed by atoms with E-state index in [1.54, 1.807) is 6.92 Å². The Morgan fingerprint density at radius 2 is 1.93 bits per heavy atom. The minimum atomic E-state index is -0.532. The highest BCUT2D eigenvalue weighted by Gasteiger charge is 2.07. The van der Waals surface area contributed by atoms with Crippen molar-refractivity contribution in [3.8, 4) is 0 Å². The molecular weight excluding hydrogens is 184 g/mol. The van der Waals surface area contributed by atoms with E-state index in [0.29, 0.717) is 12.0 Å².